The number of nitrogens with zero attached hydrogens (tertiary/aromatic N) is 1. The van der Waals surface area contributed by atoms with Gasteiger partial charge in [0.25, 0.3) is 0 Å². The summed E-state index contributed by atoms with van der Waals surface area (Å²) in [5.41, 5.74) is 2.78. The molecular formula is C18H23N3O. The van der Waals surface area contributed by atoms with Gasteiger partial charge in [-0.3, -0.25) is 4.79 Å². The molecule has 4 nitrogen and oxygen atoms in total. The van der Waals surface area contributed by atoms with E-state index in [0.29, 0.717) is 5.82 Å². The highest BCUT2D eigenvalue weighted by molar-refractivity contribution is 5.93. The Balaban J connectivity index is 2.01. The lowest BCUT2D eigenvalue weighted by Crippen LogP contribution is -2.27. The van der Waals surface area contributed by atoms with Gasteiger partial charge < -0.3 is 10.6 Å². The Labute approximate surface area is 132 Å². The maximum atomic E-state index is 11.9. The van der Waals surface area contributed by atoms with Crippen molar-refractivity contribution in [3.63, 3.8) is 0 Å². The van der Waals surface area contributed by atoms with Crippen LogP contribution < -0.4 is 10.6 Å². The first-order valence-electron chi connectivity index (χ1n) is 7.52. The fraction of sp³-hybridized carbons (Fsp3) is 0.333. The number of aryl methyl sites for hydroxylation is 1. The minimum Gasteiger partial charge on any atom is -0.354 e. The summed E-state index contributed by atoms with van der Waals surface area (Å²) in [7, 11) is 0. The minimum absolute atomic E-state index is 0.0455. The van der Waals surface area contributed by atoms with Crippen LogP contribution >= 0.6 is 0 Å². The molecule has 1 heterocycles. The molecule has 2 N–H and O–H groups in total. The number of amides is 1. The predicted molar refractivity (Wildman–Crippen MR) is 91.4 cm³/mol. The summed E-state index contributed by atoms with van der Waals surface area (Å²) in [4.78, 5) is 16.2. The maximum absolute atomic E-state index is 11.9. The second kappa shape index (κ2) is 6.60. The molecule has 116 valence electrons. The van der Waals surface area contributed by atoms with E-state index in [2.05, 4.69) is 34.7 Å². The third-order valence-corrected chi connectivity index (χ3v) is 3.34. The van der Waals surface area contributed by atoms with Crippen LogP contribution in [0.1, 0.15) is 33.3 Å². The lowest BCUT2D eigenvalue weighted by atomic mass is 9.96. The zero-order valence-electron chi connectivity index (χ0n) is 13.6. The molecule has 0 saturated carbocycles. The zero-order valence-corrected chi connectivity index (χ0v) is 13.6. The Kier molecular flexibility index (Phi) is 4.81. The largest absolute Gasteiger partial charge is 0.354 e. The van der Waals surface area contributed by atoms with Gasteiger partial charge in [0.1, 0.15) is 5.82 Å². The van der Waals surface area contributed by atoms with Crippen molar-refractivity contribution in [3.8, 4) is 0 Å². The Bertz CT molecular complexity index is 625. The number of hydrogen-bond acceptors (Lipinski definition) is 3. The summed E-state index contributed by atoms with van der Waals surface area (Å²) < 4.78 is 0. The third kappa shape index (κ3) is 4.32. The third-order valence-electron chi connectivity index (χ3n) is 3.34. The number of hydrogen-bond donors (Lipinski definition) is 2. The van der Waals surface area contributed by atoms with Crippen molar-refractivity contribution in [1.82, 2.24) is 4.98 Å². The molecule has 1 amide bonds. The summed E-state index contributed by atoms with van der Waals surface area (Å²) in [5, 5.41) is 6.10. The van der Waals surface area contributed by atoms with E-state index in [1.54, 1.807) is 12.3 Å². The van der Waals surface area contributed by atoms with Crippen molar-refractivity contribution >= 4 is 23.1 Å². The molecule has 0 bridgehead atoms. The number of carbonyl (C=O) groups is 1. The lowest BCUT2D eigenvalue weighted by Gasteiger charge is -2.17. The van der Waals surface area contributed by atoms with Crippen LogP contribution in [0.5, 0.6) is 0 Å². The molecular weight excluding hydrogens is 274 g/mol. The first-order chi connectivity index (χ1) is 10.4. The molecule has 1 aromatic heterocycles. The molecule has 1 aromatic carbocycles. The molecule has 0 aliphatic heterocycles. The minimum atomic E-state index is -0.431. The van der Waals surface area contributed by atoms with Gasteiger partial charge in [0.15, 0.2) is 0 Å². The van der Waals surface area contributed by atoms with Gasteiger partial charge in [0, 0.05) is 11.1 Å². The van der Waals surface area contributed by atoms with Gasteiger partial charge >= 0.3 is 0 Å². The standard InChI is InChI=1S/C18H23N3O/c1-5-13-6-8-14(9-7-13)20-15-10-11-16(19-12-15)21-17(22)18(2,3)4/h6-12,20H,5H2,1-4H3,(H,19,21,22). The van der Waals surface area contributed by atoms with Crippen molar-refractivity contribution in [2.24, 2.45) is 5.41 Å². The molecule has 0 radical (unpaired) electrons. The Morgan fingerprint density at radius 3 is 2.18 bits per heavy atom. The van der Waals surface area contributed by atoms with Gasteiger partial charge in [0.05, 0.1) is 11.9 Å². The highest BCUT2D eigenvalue weighted by Crippen LogP contribution is 2.19. The van der Waals surface area contributed by atoms with Crippen molar-refractivity contribution in [1.29, 1.82) is 0 Å². The van der Waals surface area contributed by atoms with Gasteiger partial charge in [-0.25, -0.2) is 4.98 Å². The van der Waals surface area contributed by atoms with Crippen molar-refractivity contribution in [3.05, 3.63) is 48.2 Å². The molecule has 0 saturated heterocycles. The van der Waals surface area contributed by atoms with E-state index in [4.69, 9.17) is 0 Å². The van der Waals surface area contributed by atoms with Gasteiger partial charge in [0.2, 0.25) is 5.91 Å². The number of carbonyl (C=O) groups excluding carboxylic acids is 1. The van der Waals surface area contributed by atoms with Crippen molar-refractivity contribution < 1.29 is 4.79 Å². The van der Waals surface area contributed by atoms with E-state index in [9.17, 15) is 4.79 Å². The van der Waals surface area contributed by atoms with Crippen molar-refractivity contribution in [2.75, 3.05) is 10.6 Å². The number of nitrogens with one attached hydrogen (secondary N) is 2. The SMILES string of the molecule is CCc1ccc(Nc2ccc(NC(=O)C(C)(C)C)nc2)cc1. The first kappa shape index (κ1) is 16.0. The molecule has 0 aliphatic rings. The Morgan fingerprint density at radius 1 is 1.05 bits per heavy atom. The van der Waals surface area contributed by atoms with Crippen LogP contribution in [0, 0.1) is 5.41 Å². The number of pyridine rings is 1. The van der Waals surface area contributed by atoms with E-state index in [-0.39, 0.29) is 5.91 Å². The number of anilines is 3. The average Bonchev–Trinajstić information content (AvgIpc) is 2.49. The van der Waals surface area contributed by atoms with Crippen LogP contribution in [-0.4, -0.2) is 10.9 Å². The summed E-state index contributed by atoms with van der Waals surface area (Å²) in [6, 6.07) is 12.0. The topological polar surface area (TPSA) is 54.0 Å². The van der Waals surface area contributed by atoms with Gasteiger partial charge in [-0.1, -0.05) is 39.8 Å². The highest BCUT2D eigenvalue weighted by Gasteiger charge is 2.21. The molecule has 0 spiro atoms. The summed E-state index contributed by atoms with van der Waals surface area (Å²) in [5.74, 6) is 0.516. The first-order valence-corrected chi connectivity index (χ1v) is 7.52. The van der Waals surface area contributed by atoms with Crippen LogP contribution in [0.25, 0.3) is 0 Å². The molecule has 0 atom stereocenters. The lowest BCUT2D eigenvalue weighted by molar-refractivity contribution is -0.123. The van der Waals surface area contributed by atoms with Crippen LogP contribution in [0.2, 0.25) is 0 Å². The van der Waals surface area contributed by atoms with Gasteiger partial charge in [-0.2, -0.15) is 0 Å². The Hall–Kier alpha value is -2.36. The normalized spacial score (nSPS) is 11.1. The number of aromatic nitrogens is 1. The smallest absolute Gasteiger partial charge is 0.230 e. The fourth-order valence-corrected chi connectivity index (χ4v) is 1.84. The molecule has 4 heteroatoms. The quantitative estimate of drug-likeness (QED) is 0.881. The van der Waals surface area contributed by atoms with E-state index >= 15 is 0 Å². The monoisotopic (exact) mass is 297 g/mol. The van der Waals surface area contributed by atoms with E-state index in [1.807, 2.05) is 39.0 Å². The maximum Gasteiger partial charge on any atom is 0.230 e. The Morgan fingerprint density at radius 2 is 1.68 bits per heavy atom. The summed E-state index contributed by atoms with van der Waals surface area (Å²) in [6.45, 7) is 7.76. The molecule has 0 fully saturated rings. The van der Waals surface area contributed by atoms with Crippen LogP contribution in [0.4, 0.5) is 17.2 Å². The van der Waals surface area contributed by atoms with E-state index in [0.717, 1.165) is 17.8 Å². The summed E-state index contributed by atoms with van der Waals surface area (Å²) >= 11 is 0. The average molecular weight is 297 g/mol. The molecule has 0 aliphatic carbocycles. The zero-order chi connectivity index (χ0) is 16.2. The van der Waals surface area contributed by atoms with Crippen LogP contribution in [0.15, 0.2) is 42.6 Å². The second-order valence-corrected chi connectivity index (χ2v) is 6.31. The molecule has 0 unspecified atom stereocenters. The van der Waals surface area contributed by atoms with Crippen LogP contribution in [-0.2, 0) is 11.2 Å². The number of benzene rings is 1. The van der Waals surface area contributed by atoms with Gasteiger partial charge in [-0.15, -0.1) is 0 Å². The highest BCUT2D eigenvalue weighted by atomic mass is 16.2. The van der Waals surface area contributed by atoms with Gasteiger partial charge in [-0.05, 0) is 36.2 Å². The fourth-order valence-electron chi connectivity index (χ4n) is 1.84. The van der Waals surface area contributed by atoms with Crippen molar-refractivity contribution in [2.45, 2.75) is 34.1 Å². The second-order valence-electron chi connectivity index (χ2n) is 6.31. The van der Waals surface area contributed by atoms with E-state index in [1.165, 1.54) is 5.56 Å². The molecule has 2 rings (SSSR count). The predicted octanol–water partition coefficient (Wildman–Crippen LogP) is 4.37. The summed E-state index contributed by atoms with van der Waals surface area (Å²) in [6.07, 6.45) is 2.75. The molecule has 2 aromatic rings. The van der Waals surface area contributed by atoms with Crippen LogP contribution in [0.3, 0.4) is 0 Å². The number of rotatable bonds is 4. The molecule has 22 heavy (non-hydrogen) atoms. The van der Waals surface area contributed by atoms with E-state index < -0.39 is 5.41 Å².